The Kier molecular flexibility index (Phi) is 2.08. The van der Waals surface area contributed by atoms with Crippen molar-refractivity contribution < 1.29 is 9.18 Å². The number of hydrogen-bond acceptors (Lipinski definition) is 1. The van der Waals surface area contributed by atoms with E-state index in [1.54, 1.807) is 7.85 Å². The molecule has 1 aliphatic rings. The average Bonchev–Trinajstić information content (AvgIpc) is 1.80. The third kappa shape index (κ3) is 1.82. The van der Waals surface area contributed by atoms with Crippen LogP contribution >= 0.6 is 0 Å². The molecule has 0 amide bonds. The fourth-order valence-electron chi connectivity index (χ4n) is 1.64. The normalized spacial score (nSPS) is 36.9. The fraction of sp³-hybridized carbons (Fsp3) is 0.875. The van der Waals surface area contributed by atoms with Crippen LogP contribution in [0.5, 0.6) is 0 Å². The average molecular weight is 156 g/mol. The Balaban J connectivity index is 2.38. The lowest BCUT2D eigenvalue weighted by Crippen LogP contribution is -2.45. The van der Waals surface area contributed by atoms with Crippen molar-refractivity contribution in [2.24, 2.45) is 11.8 Å². The summed E-state index contributed by atoms with van der Waals surface area (Å²) in [7, 11) is 1.57. The molecule has 0 spiro atoms. The number of alkyl halides is 1. The summed E-state index contributed by atoms with van der Waals surface area (Å²) < 4.78 is 12.9. The van der Waals surface area contributed by atoms with Crippen molar-refractivity contribution in [2.75, 3.05) is 0 Å². The fourth-order valence-corrected chi connectivity index (χ4v) is 1.64. The largest absolute Gasteiger partial charge is 0.299 e. The van der Waals surface area contributed by atoms with E-state index in [1.165, 1.54) is 0 Å². The first-order chi connectivity index (χ1) is 4.92. The van der Waals surface area contributed by atoms with Gasteiger partial charge in [-0.05, 0) is 12.8 Å². The first-order valence-electron chi connectivity index (χ1n) is 4.15. The van der Waals surface area contributed by atoms with E-state index in [0.717, 1.165) is 0 Å². The second-order valence-electron chi connectivity index (χ2n) is 4.08. The molecule has 0 heterocycles. The Bertz CT molecular complexity index is 169. The summed E-state index contributed by atoms with van der Waals surface area (Å²) in [6.07, 6.45) is 0.869. The SMILES string of the molecule is BC1(F)CC(C(=O)C(C)C)C1. The molecule has 11 heavy (non-hydrogen) atoms. The number of hydrogen-bond donors (Lipinski definition) is 0. The van der Waals surface area contributed by atoms with Crippen LogP contribution in [0.25, 0.3) is 0 Å². The standard InChI is InChI=1S/C8H14BFO/c1-5(2)7(11)6-3-8(9,10)4-6/h5-6H,3-4,9H2,1-2H3. The minimum Gasteiger partial charge on any atom is -0.299 e. The van der Waals surface area contributed by atoms with Gasteiger partial charge >= 0.3 is 0 Å². The van der Waals surface area contributed by atoms with Gasteiger partial charge in [0.2, 0.25) is 0 Å². The lowest BCUT2D eigenvalue weighted by molar-refractivity contribution is -0.131. The van der Waals surface area contributed by atoms with Gasteiger partial charge in [0.05, 0.1) is 5.57 Å². The maximum absolute atomic E-state index is 12.9. The highest BCUT2D eigenvalue weighted by atomic mass is 19.1. The monoisotopic (exact) mass is 156 g/mol. The van der Waals surface area contributed by atoms with Gasteiger partial charge in [-0.1, -0.05) is 13.8 Å². The zero-order chi connectivity index (χ0) is 8.65. The van der Waals surface area contributed by atoms with Gasteiger partial charge in [-0.3, -0.25) is 9.18 Å². The van der Waals surface area contributed by atoms with Crippen LogP contribution in [0, 0.1) is 11.8 Å². The number of carbonyl (C=O) groups excluding carboxylic acids is 1. The molecule has 0 unspecified atom stereocenters. The van der Waals surface area contributed by atoms with E-state index in [2.05, 4.69) is 0 Å². The molecular formula is C8H14BFO. The molecule has 0 atom stereocenters. The summed E-state index contributed by atoms with van der Waals surface area (Å²) in [5.41, 5.74) is -1.06. The minimum absolute atomic E-state index is 0.00463. The quantitative estimate of drug-likeness (QED) is 0.543. The van der Waals surface area contributed by atoms with E-state index in [0.29, 0.717) is 12.8 Å². The number of Topliss-reactive ketones (excluding diaryl/α,β-unsaturated/α-hetero) is 1. The molecule has 0 aromatic rings. The predicted molar refractivity (Wildman–Crippen MR) is 45.0 cm³/mol. The van der Waals surface area contributed by atoms with Gasteiger partial charge in [0.25, 0.3) is 0 Å². The summed E-state index contributed by atoms with van der Waals surface area (Å²) in [6, 6.07) is 0. The molecule has 3 heteroatoms. The zero-order valence-corrected chi connectivity index (χ0v) is 7.36. The third-order valence-corrected chi connectivity index (χ3v) is 2.32. The van der Waals surface area contributed by atoms with Crippen LogP contribution in [-0.2, 0) is 4.79 Å². The molecule has 1 rings (SSSR count). The molecule has 0 aliphatic heterocycles. The molecule has 0 N–H and O–H groups in total. The van der Waals surface area contributed by atoms with E-state index >= 15 is 0 Å². The maximum atomic E-state index is 12.9. The summed E-state index contributed by atoms with van der Waals surface area (Å²) >= 11 is 0. The van der Waals surface area contributed by atoms with Gasteiger partial charge in [-0.25, -0.2) is 0 Å². The molecular weight excluding hydrogens is 142 g/mol. The molecule has 1 saturated carbocycles. The van der Waals surface area contributed by atoms with Crippen LogP contribution in [-0.4, -0.2) is 19.2 Å². The second-order valence-corrected chi connectivity index (χ2v) is 4.08. The molecule has 1 fully saturated rings. The van der Waals surface area contributed by atoms with Crippen molar-refractivity contribution in [1.82, 2.24) is 0 Å². The first-order valence-corrected chi connectivity index (χ1v) is 4.15. The van der Waals surface area contributed by atoms with E-state index in [4.69, 9.17) is 0 Å². The summed E-state index contributed by atoms with van der Waals surface area (Å²) in [4.78, 5) is 11.2. The van der Waals surface area contributed by atoms with Crippen molar-refractivity contribution in [3.05, 3.63) is 0 Å². The summed E-state index contributed by atoms with van der Waals surface area (Å²) in [6.45, 7) is 3.74. The summed E-state index contributed by atoms with van der Waals surface area (Å²) in [5, 5.41) is 0. The molecule has 0 bridgehead atoms. The van der Waals surface area contributed by atoms with Gasteiger partial charge in [-0.15, -0.1) is 0 Å². The predicted octanol–water partition coefficient (Wildman–Crippen LogP) is 0.920. The molecule has 1 aliphatic carbocycles. The van der Waals surface area contributed by atoms with Gasteiger partial charge in [0, 0.05) is 11.8 Å². The van der Waals surface area contributed by atoms with E-state index in [1.807, 2.05) is 13.8 Å². The Hall–Kier alpha value is -0.335. The number of ketones is 1. The van der Waals surface area contributed by atoms with Gasteiger partial charge in [0.1, 0.15) is 13.6 Å². The van der Waals surface area contributed by atoms with Crippen molar-refractivity contribution in [3.63, 3.8) is 0 Å². The van der Waals surface area contributed by atoms with Crippen LogP contribution in [0.4, 0.5) is 4.39 Å². The molecule has 0 aromatic carbocycles. The Morgan fingerprint density at radius 1 is 1.64 bits per heavy atom. The Morgan fingerprint density at radius 2 is 2.09 bits per heavy atom. The number of carbonyl (C=O) groups is 1. The Labute approximate surface area is 67.8 Å². The lowest BCUT2D eigenvalue weighted by atomic mass is 9.59. The molecule has 1 nitrogen and oxygen atoms in total. The Morgan fingerprint density at radius 3 is 2.36 bits per heavy atom. The number of halogens is 1. The first kappa shape index (κ1) is 8.76. The van der Waals surface area contributed by atoms with Gasteiger partial charge in [0.15, 0.2) is 0 Å². The van der Waals surface area contributed by atoms with Crippen LogP contribution in [0.3, 0.4) is 0 Å². The van der Waals surface area contributed by atoms with E-state index in [9.17, 15) is 9.18 Å². The van der Waals surface area contributed by atoms with Crippen molar-refractivity contribution in [3.8, 4) is 0 Å². The van der Waals surface area contributed by atoms with Gasteiger partial charge in [-0.2, -0.15) is 0 Å². The highest BCUT2D eigenvalue weighted by molar-refractivity contribution is 6.15. The zero-order valence-electron chi connectivity index (χ0n) is 7.36. The van der Waals surface area contributed by atoms with Crippen molar-refractivity contribution in [2.45, 2.75) is 32.3 Å². The molecule has 0 aromatic heterocycles. The van der Waals surface area contributed by atoms with Crippen LogP contribution in [0.2, 0.25) is 0 Å². The summed E-state index contributed by atoms with van der Waals surface area (Å²) in [5.74, 6) is 0.293. The second kappa shape index (κ2) is 2.61. The number of rotatable bonds is 2. The van der Waals surface area contributed by atoms with E-state index in [-0.39, 0.29) is 17.6 Å². The van der Waals surface area contributed by atoms with Crippen LogP contribution in [0.15, 0.2) is 0 Å². The smallest absolute Gasteiger partial charge is 0.150 e. The van der Waals surface area contributed by atoms with Crippen molar-refractivity contribution >= 4 is 13.6 Å². The molecule has 0 radical (unpaired) electrons. The highest BCUT2D eigenvalue weighted by Crippen LogP contribution is 2.40. The minimum atomic E-state index is -1.06. The topological polar surface area (TPSA) is 17.1 Å². The molecule has 0 saturated heterocycles. The maximum Gasteiger partial charge on any atom is 0.150 e. The third-order valence-electron chi connectivity index (χ3n) is 2.32. The van der Waals surface area contributed by atoms with Crippen molar-refractivity contribution in [1.29, 1.82) is 0 Å². The van der Waals surface area contributed by atoms with Crippen LogP contribution in [0.1, 0.15) is 26.7 Å². The van der Waals surface area contributed by atoms with Crippen LogP contribution < -0.4 is 0 Å². The molecule has 62 valence electrons. The van der Waals surface area contributed by atoms with E-state index < -0.39 is 5.57 Å². The van der Waals surface area contributed by atoms with Gasteiger partial charge < -0.3 is 0 Å². The highest BCUT2D eigenvalue weighted by Gasteiger charge is 2.44. The lowest BCUT2D eigenvalue weighted by Gasteiger charge is -2.38.